The molecule has 2 aliphatic rings. The van der Waals surface area contributed by atoms with Crippen LogP contribution in [0.15, 0.2) is 22.7 Å². The fraction of sp³-hybridized carbons (Fsp3) is 0.625. The summed E-state index contributed by atoms with van der Waals surface area (Å²) in [5.74, 6) is 0.971. The molecule has 4 heteroatoms. The summed E-state index contributed by atoms with van der Waals surface area (Å²) in [5, 5.41) is 3.72. The molecule has 3 rings (SSSR count). The number of nitrogens with zero attached hydrogens (tertiary/aromatic N) is 1. The summed E-state index contributed by atoms with van der Waals surface area (Å²) >= 11 is 3.54. The molecule has 0 saturated carbocycles. The molecule has 2 saturated heterocycles. The molecule has 3 nitrogen and oxygen atoms in total. The molecule has 2 unspecified atom stereocenters. The van der Waals surface area contributed by atoms with Crippen LogP contribution in [-0.4, -0.2) is 37.2 Å². The molecule has 0 aliphatic carbocycles. The van der Waals surface area contributed by atoms with Crippen LogP contribution in [0.3, 0.4) is 0 Å². The third-order valence-corrected chi connectivity index (χ3v) is 5.14. The van der Waals surface area contributed by atoms with Crippen molar-refractivity contribution in [1.82, 2.24) is 10.2 Å². The Bertz CT molecular complexity index is 466. The Labute approximate surface area is 129 Å². The van der Waals surface area contributed by atoms with Gasteiger partial charge in [0.1, 0.15) is 5.75 Å². The molecule has 0 bridgehead atoms. The van der Waals surface area contributed by atoms with Gasteiger partial charge in [0.25, 0.3) is 0 Å². The van der Waals surface area contributed by atoms with Crippen molar-refractivity contribution in [3.63, 3.8) is 0 Å². The van der Waals surface area contributed by atoms with Crippen LogP contribution in [0.4, 0.5) is 0 Å². The van der Waals surface area contributed by atoms with E-state index in [-0.39, 0.29) is 0 Å². The van der Waals surface area contributed by atoms with Crippen LogP contribution >= 0.6 is 15.9 Å². The van der Waals surface area contributed by atoms with Crippen molar-refractivity contribution in [2.24, 2.45) is 0 Å². The first-order chi connectivity index (χ1) is 9.76. The van der Waals surface area contributed by atoms with Gasteiger partial charge in [0.15, 0.2) is 0 Å². The first-order valence-electron chi connectivity index (χ1n) is 7.56. The van der Waals surface area contributed by atoms with Crippen LogP contribution in [-0.2, 0) is 6.54 Å². The molecule has 2 heterocycles. The minimum Gasteiger partial charge on any atom is -0.496 e. The van der Waals surface area contributed by atoms with Gasteiger partial charge >= 0.3 is 0 Å². The maximum atomic E-state index is 5.44. The van der Waals surface area contributed by atoms with E-state index < -0.39 is 0 Å². The summed E-state index contributed by atoms with van der Waals surface area (Å²) in [6.07, 6.45) is 5.35. The van der Waals surface area contributed by atoms with Gasteiger partial charge in [-0.15, -0.1) is 0 Å². The minimum atomic E-state index is 0.651. The first kappa shape index (κ1) is 14.4. The summed E-state index contributed by atoms with van der Waals surface area (Å²) in [5.41, 5.74) is 1.23. The van der Waals surface area contributed by atoms with Crippen molar-refractivity contribution < 1.29 is 4.74 Å². The lowest BCUT2D eigenvalue weighted by Crippen LogP contribution is -2.45. The largest absolute Gasteiger partial charge is 0.496 e. The Morgan fingerprint density at radius 3 is 3.10 bits per heavy atom. The first-order valence-corrected chi connectivity index (χ1v) is 8.35. The van der Waals surface area contributed by atoms with Gasteiger partial charge in [0, 0.05) is 28.7 Å². The molecule has 1 N–H and O–H groups in total. The van der Waals surface area contributed by atoms with E-state index in [0.29, 0.717) is 6.04 Å². The molecule has 0 aromatic heterocycles. The predicted octanol–water partition coefficient (Wildman–Crippen LogP) is 3.17. The number of benzene rings is 1. The lowest BCUT2D eigenvalue weighted by atomic mass is 9.97. The van der Waals surface area contributed by atoms with Crippen LogP contribution in [0, 0.1) is 0 Å². The van der Waals surface area contributed by atoms with Crippen molar-refractivity contribution in [2.75, 3.05) is 20.2 Å². The Balaban J connectivity index is 1.58. The average Bonchev–Trinajstić information content (AvgIpc) is 2.92. The smallest absolute Gasteiger partial charge is 0.123 e. The summed E-state index contributed by atoms with van der Waals surface area (Å²) < 4.78 is 6.55. The minimum absolute atomic E-state index is 0.651. The van der Waals surface area contributed by atoms with Gasteiger partial charge < -0.3 is 15.0 Å². The molecular formula is C16H23BrN2O. The number of hydrogen-bond acceptors (Lipinski definition) is 3. The third-order valence-electron chi connectivity index (χ3n) is 4.64. The van der Waals surface area contributed by atoms with Gasteiger partial charge in [-0.25, -0.2) is 0 Å². The van der Waals surface area contributed by atoms with E-state index in [1.54, 1.807) is 7.11 Å². The second kappa shape index (κ2) is 6.46. The fourth-order valence-corrected chi connectivity index (χ4v) is 3.96. The van der Waals surface area contributed by atoms with Crippen molar-refractivity contribution in [3.8, 4) is 5.75 Å². The van der Waals surface area contributed by atoms with E-state index in [9.17, 15) is 0 Å². The van der Waals surface area contributed by atoms with Crippen molar-refractivity contribution >= 4 is 15.9 Å². The van der Waals surface area contributed by atoms with Gasteiger partial charge in [0.05, 0.1) is 7.11 Å². The standard InChI is InChI=1S/C16H23BrN2O/c1-20-16-5-4-13(17)9-12(16)11-18-14-6-8-19-7-2-3-15(19)10-14/h4-5,9,14-15,18H,2-3,6-8,10-11H2,1H3. The zero-order valence-electron chi connectivity index (χ0n) is 12.1. The van der Waals surface area contributed by atoms with E-state index >= 15 is 0 Å². The van der Waals surface area contributed by atoms with Gasteiger partial charge in [-0.2, -0.15) is 0 Å². The average molecular weight is 339 g/mol. The summed E-state index contributed by atoms with van der Waals surface area (Å²) in [4.78, 5) is 2.66. The molecule has 20 heavy (non-hydrogen) atoms. The third kappa shape index (κ3) is 3.18. The molecule has 110 valence electrons. The normalized spacial score (nSPS) is 26.5. The molecule has 1 aromatic carbocycles. The maximum absolute atomic E-state index is 5.44. The van der Waals surface area contributed by atoms with E-state index in [1.165, 1.54) is 44.3 Å². The van der Waals surface area contributed by atoms with Gasteiger partial charge in [-0.1, -0.05) is 15.9 Å². The van der Waals surface area contributed by atoms with E-state index in [0.717, 1.165) is 22.8 Å². The second-order valence-electron chi connectivity index (χ2n) is 5.89. The van der Waals surface area contributed by atoms with Crippen molar-refractivity contribution in [1.29, 1.82) is 0 Å². The van der Waals surface area contributed by atoms with Gasteiger partial charge in [-0.05, 0) is 57.0 Å². The SMILES string of the molecule is COc1ccc(Br)cc1CNC1CCN2CCCC2C1. The monoisotopic (exact) mass is 338 g/mol. The van der Waals surface area contributed by atoms with E-state index in [2.05, 4.69) is 32.2 Å². The Kier molecular flexibility index (Phi) is 4.64. The lowest BCUT2D eigenvalue weighted by Gasteiger charge is -2.35. The van der Waals surface area contributed by atoms with Gasteiger partial charge in [-0.3, -0.25) is 0 Å². The zero-order chi connectivity index (χ0) is 13.9. The topological polar surface area (TPSA) is 24.5 Å². The molecule has 2 fully saturated rings. The van der Waals surface area contributed by atoms with Crippen molar-refractivity contribution in [2.45, 2.75) is 44.3 Å². The summed E-state index contributed by atoms with van der Waals surface area (Å²) in [6, 6.07) is 7.68. The molecule has 2 atom stereocenters. The van der Waals surface area contributed by atoms with E-state index in [4.69, 9.17) is 4.74 Å². The van der Waals surface area contributed by atoms with Crippen LogP contribution in [0.25, 0.3) is 0 Å². The second-order valence-corrected chi connectivity index (χ2v) is 6.81. The number of hydrogen-bond donors (Lipinski definition) is 1. The number of halogens is 1. The molecule has 2 aliphatic heterocycles. The number of ether oxygens (including phenoxy) is 1. The molecule has 0 radical (unpaired) electrons. The Morgan fingerprint density at radius 1 is 1.35 bits per heavy atom. The summed E-state index contributed by atoms with van der Waals surface area (Å²) in [6.45, 7) is 3.47. The predicted molar refractivity (Wildman–Crippen MR) is 85.2 cm³/mol. The number of methoxy groups -OCH3 is 1. The number of piperidine rings is 1. The molecule has 0 amide bonds. The maximum Gasteiger partial charge on any atom is 0.123 e. The molecular weight excluding hydrogens is 316 g/mol. The van der Waals surface area contributed by atoms with Crippen LogP contribution < -0.4 is 10.1 Å². The highest BCUT2D eigenvalue weighted by molar-refractivity contribution is 9.10. The molecule has 0 spiro atoms. The van der Waals surface area contributed by atoms with Gasteiger partial charge in [0.2, 0.25) is 0 Å². The van der Waals surface area contributed by atoms with Crippen LogP contribution in [0.2, 0.25) is 0 Å². The highest BCUT2D eigenvalue weighted by Crippen LogP contribution is 2.28. The Morgan fingerprint density at radius 2 is 2.25 bits per heavy atom. The van der Waals surface area contributed by atoms with Crippen LogP contribution in [0.5, 0.6) is 5.75 Å². The van der Waals surface area contributed by atoms with Crippen molar-refractivity contribution in [3.05, 3.63) is 28.2 Å². The Hall–Kier alpha value is -0.580. The quantitative estimate of drug-likeness (QED) is 0.912. The summed E-state index contributed by atoms with van der Waals surface area (Å²) in [7, 11) is 1.74. The lowest BCUT2D eigenvalue weighted by molar-refractivity contribution is 0.166. The zero-order valence-corrected chi connectivity index (χ0v) is 13.7. The fourth-order valence-electron chi connectivity index (χ4n) is 3.55. The highest BCUT2D eigenvalue weighted by Gasteiger charge is 2.31. The number of nitrogens with one attached hydrogen (secondary N) is 1. The highest BCUT2D eigenvalue weighted by atomic mass is 79.9. The molecule has 1 aromatic rings. The van der Waals surface area contributed by atoms with Crippen LogP contribution in [0.1, 0.15) is 31.2 Å². The number of rotatable bonds is 4. The van der Waals surface area contributed by atoms with E-state index in [1.807, 2.05) is 12.1 Å². The number of fused-ring (bicyclic) bond motifs is 1.